The van der Waals surface area contributed by atoms with Crippen molar-refractivity contribution in [1.82, 2.24) is 30.1 Å². The molecule has 0 saturated heterocycles. The van der Waals surface area contributed by atoms with Crippen molar-refractivity contribution in [3.8, 4) is 29.1 Å². The number of hydrogen-bond donors (Lipinski definition) is 1. The molecule has 0 saturated carbocycles. The van der Waals surface area contributed by atoms with E-state index in [1.54, 1.807) is 11.9 Å². The number of nitrogen functional groups attached to an aromatic ring is 1. The van der Waals surface area contributed by atoms with Crippen LogP contribution < -0.4 is 15.4 Å². The Bertz CT molecular complexity index is 1220. The molecule has 1 aromatic carbocycles. The number of anilines is 3. The Balaban J connectivity index is 1.60. The predicted octanol–water partition coefficient (Wildman–Crippen LogP) is 3.27. The predicted molar refractivity (Wildman–Crippen MR) is 107 cm³/mol. The third kappa shape index (κ3) is 4.88. The molecule has 0 aliphatic carbocycles. The van der Waals surface area contributed by atoms with Gasteiger partial charge in [-0.25, -0.2) is 4.98 Å². The van der Waals surface area contributed by atoms with E-state index in [0.717, 1.165) is 5.69 Å². The number of rotatable bonds is 6. The van der Waals surface area contributed by atoms with Gasteiger partial charge in [-0.2, -0.15) is 33.1 Å². The van der Waals surface area contributed by atoms with Gasteiger partial charge in [-0.05, 0) is 18.2 Å². The lowest BCUT2D eigenvalue weighted by Crippen LogP contribution is -2.19. The average Bonchev–Trinajstić information content (AvgIpc) is 3.28. The lowest BCUT2D eigenvalue weighted by Gasteiger charge is -2.17. The van der Waals surface area contributed by atoms with Gasteiger partial charge in [-0.3, -0.25) is 0 Å². The zero-order valence-corrected chi connectivity index (χ0v) is 16.5. The van der Waals surface area contributed by atoms with Gasteiger partial charge in [0, 0.05) is 18.8 Å². The standard InChI is InChI=1S/C19H15F3N8O2/c1-30(11-6-3-2-4-7-11)18-27-14(26-17(23)28-18)15-25-16(32-29-15)12-8-5-9-13(24-12)31-10-19(20,21)22/h2-9H,10H2,1H3,(H2,23,26,27,28). The van der Waals surface area contributed by atoms with Crippen molar-refractivity contribution in [1.29, 1.82) is 0 Å². The molecule has 4 rings (SSSR count). The van der Waals surface area contributed by atoms with E-state index in [9.17, 15) is 13.2 Å². The highest BCUT2D eigenvalue weighted by Gasteiger charge is 2.28. The van der Waals surface area contributed by atoms with E-state index in [0.29, 0.717) is 0 Å². The number of ether oxygens (including phenoxy) is 1. The Labute approximate surface area is 178 Å². The second-order valence-electron chi connectivity index (χ2n) is 6.40. The van der Waals surface area contributed by atoms with E-state index in [1.165, 1.54) is 18.2 Å². The van der Waals surface area contributed by atoms with Crippen LogP contribution in [0.3, 0.4) is 0 Å². The summed E-state index contributed by atoms with van der Waals surface area (Å²) in [6.45, 7) is -1.47. The molecule has 3 heterocycles. The Morgan fingerprint density at radius 2 is 1.72 bits per heavy atom. The molecular formula is C19H15F3N8O2. The average molecular weight is 444 g/mol. The molecule has 2 N–H and O–H groups in total. The molecule has 10 nitrogen and oxygen atoms in total. The van der Waals surface area contributed by atoms with Crippen LogP contribution in [0.5, 0.6) is 5.88 Å². The Hall–Kier alpha value is -4.29. The molecule has 0 radical (unpaired) electrons. The number of benzene rings is 1. The van der Waals surface area contributed by atoms with E-state index in [-0.39, 0.29) is 41.0 Å². The van der Waals surface area contributed by atoms with Gasteiger partial charge in [0.1, 0.15) is 5.69 Å². The normalized spacial score (nSPS) is 11.4. The summed E-state index contributed by atoms with van der Waals surface area (Å²) in [5, 5.41) is 3.82. The minimum absolute atomic E-state index is 0.000208. The molecule has 164 valence electrons. The Morgan fingerprint density at radius 1 is 0.938 bits per heavy atom. The molecule has 0 unspecified atom stereocenters. The zero-order valence-electron chi connectivity index (χ0n) is 16.5. The monoisotopic (exact) mass is 444 g/mol. The van der Waals surface area contributed by atoms with Gasteiger partial charge in [0.2, 0.25) is 29.4 Å². The summed E-state index contributed by atoms with van der Waals surface area (Å²) in [5.74, 6) is -0.0503. The Morgan fingerprint density at radius 3 is 2.47 bits per heavy atom. The van der Waals surface area contributed by atoms with Gasteiger partial charge >= 0.3 is 6.18 Å². The fourth-order valence-electron chi connectivity index (χ4n) is 2.59. The molecule has 32 heavy (non-hydrogen) atoms. The van der Waals surface area contributed by atoms with Crippen LogP contribution in [-0.2, 0) is 0 Å². The molecule has 0 bridgehead atoms. The molecular weight excluding hydrogens is 429 g/mol. The molecule has 13 heteroatoms. The van der Waals surface area contributed by atoms with E-state index < -0.39 is 12.8 Å². The van der Waals surface area contributed by atoms with E-state index in [4.69, 9.17) is 10.3 Å². The van der Waals surface area contributed by atoms with Crippen molar-refractivity contribution < 1.29 is 22.4 Å². The largest absolute Gasteiger partial charge is 0.468 e. The number of pyridine rings is 1. The second-order valence-corrected chi connectivity index (χ2v) is 6.40. The van der Waals surface area contributed by atoms with Gasteiger partial charge in [-0.15, -0.1) is 0 Å². The number of halogens is 3. The maximum Gasteiger partial charge on any atom is 0.422 e. The quantitative estimate of drug-likeness (QED) is 0.473. The first kappa shape index (κ1) is 21.0. The number of alkyl halides is 3. The lowest BCUT2D eigenvalue weighted by atomic mass is 10.3. The third-order valence-electron chi connectivity index (χ3n) is 4.04. The Kier molecular flexibility index (Phi) is 5.54. The first-order valence-electron chi connectivity index (χ1n) is 9.10. The van der Waals surface area contributed by atoms with E-state index in [1.807, 2.05) is 30.3 Å². The third-order valence-corrected chi connectivity index (χ3v) is 4.04. The van der Waals surface area contributed by atoms with Crippen molar-refractivity contribution in [2.24, 2.45) is 0 Å². The van der Waals surface area contributed by atoms with Crippen LogP contribution in [0, 0.1) is 0 Å². The maximum absolute atomic E-state index is 12.4. The molecule has 0 aliphatic heterocycles. The number of para-hydroxylation sites is 1. The van der Waals surface area contributed by atoms with Gasteiger partial charge < -0.3 is 19.9 Å². The summed E-state index contributed by atoms with van der Waals surface area (Å²) < 4.78 is 46.9. The van der Waals surface area contributed by atoms with Crippen molar-refractivity contribution in [2.45, 2.75) is 6.18 Å². The first-order chi connectivity index (χ1) is 15.3. The van der Waals surface area contributed by atoms with Gasteiger partial charge in [0.15, 0.2) is 6.61 Å². The van der Waals surface area contributed by atoms with Crippen molar-refractivity contribution >= 4 is 17.6 Å². The van der Waals surface area contributed by atoms with Crippen LogP contribution in [-0.4, -0.2) is 49.9 Å². The van der Waals surface area contributed by atoms with E-state index in [2.05, 4.69) is 34.8 Å². The smallest absolute Gasteiger partial charge is 0.422 e. The van der Waals surface area contributed by atoms with E-state index >= 15 is 0 Å². The molecule has 0 fully saturated rings. The van der Waals surface area contributed by atoms with Crippen LogP contribution >= 0.6 is 0 Å². The summed E-state index contributed by atoms with van der Waals surface area (Å²) in [4.78, 5) is 22.3. The van der Waals surface area contributed by atoms with Gasteiger partial charge in [0.05, 0.1) is 0 Å². The minimum Gasteiger partial charge on any atom is -0.468 e. The number of nitrogens with two attached hydrogens (primary N) is 1. The van der Waals surface area contributed by atoms with Crippen LogP contribution in [0.1, 0.15) is 0 Å². The van der Waals surface area contributed by atoms with Crippen molar-refractivity contribution in [3.63, 3.8) is 0 Å². The number of aromatic nitrogens is 6. The highest BCUT2D eigenvalue weighted by molar-refractivity contribution is 5.59. The topological polar surface area (TPSA) is 129 Å². The summed E-state index contributed by atoms with van der Waals surface area (Å²) >= 11 is 0. The van der Waals surface area contributed by atoms with Crippen LogP contribution in [0.2, 0.25) is 0 Å². The SMILES string of the molecule is CN(c1ccccc1)c1nc(N)nc(-c2noc(-c3cccc(OCC(F)(F)F)n3)n2)n1. The summed E-state index contributed by atoms with van der Waals surface area (Å²) in [5.41, 5.74) is 6.76. The molecule has 0 amide bonds. The second kappa shape index (κ2) is 8.45. The highest BCUT2D eigenvalue weighted by Crippen LogP contribution is 2.25. The first-order valence-corrected chi connectivity index (χ1v) is 9.10. The lowest BCUT2D eigenvalue weighted by molar-refractivity contribution is -0.154. The summed E-state index contributed by atoms with van der Waals surface area (Å²) in [6.07, 6.45) is -4.49. The molecule has 0 aliphatic rings. The molecule has 0 atom stereocenters. The van der Waals surface area contributed by atoms with Crippen LogP contribution in [0.15, 0.2) is 53.1 Å². The van der Waals surface area contributed by atoms with Gasteiger partial charge in [-0.1, -0.05) is 29.4 Å². The van der Waals surface area contributed by atoms with Crippen LogP contribution in [0.4, 0.5) is 30.8 Å². The maximum atomic E-state index is 12.4. The molecule has 0 spiro atoms. The minimum atomic E-state index is -4.49. The fraction of sp³-hybridized carbons (Fsp3) is 0.158. The summed E-state index contributed by atoms with van der Waals surface area (Å²) in [6, 6.07) is 13.6. The zero-order chi connectivity index (χ0) is 22.7. The number of nitrogens with zero attached hydrogens (tertiary/aromatic N) is 7. The summed E-state index contributed by atoms with van der Waals surface area (Å²) in [7, 11) is 1.76. The van der Waals surface area contributed by atoms with Crippen molar-refractivity contribution in [3.05, 3.63) is 48.5 Å². The van der Waals surface area contributed by atoms with Crippen LogP contribution in [0.25, 0.3) is 23.2 Å². The molecule has 4 aromatic rings. The van der Waals surface area contributed by atoms with Crippen molar-refractivity contribution in [2.75, 3.05) is 24.3 Å². The molecule has 3 aromatic heterocycles. The number of hydrogen-bond acceptors (Lipinski definition) is 10. The highest BCUT2D eigenvalue weighted by atomic mass is 19.4. The fourth-order valence-corrected chi connectivity index (χ4v) is 2.59. The van der Waals surface area contributed by atoms with Gasteiger partial charge in [0.25, 0.3) is 5.89 Å².